The molecule has 0 spiro atoms. The third-order valence-electron chi connectivity index (χ3n) is 3.07. The summed E-state index contributed by atoms with van der Waals surface area (Å²) in [6.07, 6.45) is 1.94. The van der Waals surface area contributed by atoms with Crippen molar-refractivity contribution < 1.29 is 23.2 Å². The summed E-state index contributed by atoms with van der Waals surface area (Å²) in [6, 6.07) is 4.04. The average Bonchev–Trinajstić information content (AvgIpc) is 2.96. The summed E-state index contributed by atoms with van der Waals surface area (Å²) in [5.74, 6) is -1.64. The zero-order valence-electron chi connectivity index (χ0n) is 13.2. The molecule has 0 amide bonds. The van der Waals surface area contributed by atoms with Crippen LogP contribution in [0.1, 0.15) is 16.1 Å². The molecule has 2 rings (SSSR count). The summed E-state index contributed by atoms with van der Waals surface area (Å²) < 4.78 is 24.0. The number of carbonyl (C=O) groups excluding carboxylic acids is 2. The molecule has 0 aliphatic heterocycles. The molecule has 0 aliphatic rings. The third kappa shape index (κ3) is 3.30. The Morgan fingerprint density at radius 1 is 1.42 bits per heavy atom. The number of esters is 1. The zero-order valence-corrected chi connectivity index (χ0v) is 13.9. The van der Waals surface area contributed by atoms with Crippen LogP contribution in [0.25, 0.3) is 16.8 Å². The number of allylic oxidation sites excluding steroid dienone is 1. The van der Waals surface area contributed by atoms with Gasteiger partial charge in [-0.05, 0) is 12.1 Å². The highest BCUT2D eigenvalue weighted by molar-refractivity contribution is 6.33. The van der Waals surface area contributed by atoms with Crippen molar-refractivity contribution >= 4 is 29.4 Å². The molecule has 0 fully saturated rings. The van der Waals surface area contributed by atoms with Crippen LogP contribution in [0.4, 0.5) is 4.39 Å². The highest BCUT2D eigenvalue weighted by atomic mass is 35.5. The van der Waals surface area contributed by atoms with Gasteiger partial charge in [0.05, 0.1) is 23.3 Å². The van der Waals surface area contributed by atoms with Crippen LogP contribution in [0.3, 0.4) is 0 Å². The molecule has 8 heteroatoms. The van der Waals surface area contributed by atoms with E-state index in [9.17, 15) is 14.0 Å². The van der Waals surface area contributed by atoms with Gasteiger partial charge in [-0.25, -0.2) is 9.18 Å². The molecule has 1 heterocycles. The maximum atomic E-state index is 14.2. The highest BCUT2D eigenvalue weighted by Gasteiger charge is 2.29. The van der Waals surface area contributed by atoms with Crippen molar-refractivity contribution in [3.63, 3.8) is 0 Å². The first kappa shape index (κ1) is 17.7. The van der Waals surface area contributed by atoms with E-state index in [0.29, 0.717) is 6.29 Å². The van der Waals surface area contributed by atoms with Crippen molar-refractivity contribution in [2.24, 2.45) is 0 Å². The van der Waals surface area contributed by atoms with E-state index in [0.717, 1.165) is 7.11 Å². The van der Waals surface area contributed by atoms with Crippen molar-refractivity contribution in [2.75, 3.05) is 21.2 Å². The normalized spacial score (nSPS) is 11.3. The first-order chi connectivity index (χ1) is 11.4. The second kappa shape index (κ2) is 7.27. The van der Waals surface area contributed by atoms with Crippen LogP contribution in [0.2, 0.25) is 5.02 Å². The molecule has 0 saturated carbocycles. The lowest BCUT2D eigenvalue weighted by atomic mass is 10.0. The second-order valence-corrected chi connectivity index (χ2v) is 5.40. The van der Waals surface area contributed by atoms with E-state index in [1.165, 1.54) is 24.4 Å². The van der Waals surface area contributed by atoms with E-state index < -0.39 is 11.8 Å². The predicted molar refractivity (Wildman–Crippen MR) is 86.0 cm³/mol. The number of nitrogens with zero attached hydrogens (tertiary/aromatic N) is 2. The Morgan fingerprint density at radius 3 is 2.67 bits per heavy atom. The summed E-state index contributed by atoms with van der Waals surface area (Å²) >= 11 is 6.02. The molecule has 1 aromatic carbocycles. The average molecular weight is 353 g/mol. The quantitative estimate of drug-likeness (QED) is 0.468. The van der Waals surface area contributed by atoms with Crippen molar-refractivity contribution in [1.29, 1.82) is 0 Å². The molecule has 0 bridgehead atoms. The summed E-state index contributed by atoms with van der Waals surface area (Å²) in [5, 5.41) is 3.78. The van der Waals surface area contributed by atoms with E-state index in [2.05, 4.69) is 5.16 Å². The Kier molecular flexibility index (Phi) is 5.35. The van der Waals surface area contributed by atoms with Gasteiger partial charge in [0.2, 0.25) is 0 Å². The molecule has 24 heavy (non-hydrogen) atoms. The summed E-state index contributed by atoms with van der Waals surface area (Å²) in [6.45, 7) is 0. The lowest BCUT2D eigenvalue weighted by molar-refractivity contribution is -0.103. The molecule has 126 valence electrons. The minimum atomic E-state index is -0.827. The molecule has 0 saturated heterocycles. The number of hydrogen-bond donors (Lipinski definition) is 0. The van der Waals surface area contributed by atoms with Gasteiger partial charge < -0.3 is 14.2 Å². The molecule has 0 radical (unpaired) electrons. The first-order valence-electron chi connectivity index (χ1n) is 6.76. The van der Waals surface area contributed by atoms with Gasteiger partial charge in [0.1, 0.15) is 17.1 Å². The van der Waals surface area contributed by atoms with E-state index in [4.69, 9.17) is 20.9 Å². The van der Waals surface area contributed by atoms with Crippen LogP contribution in [-0.2, 0) is 9.53 Å². The largest absolute Gasteiger partial charge is 0.465 e. The van der Waals surface area contributed by atoms with Crippen LogP contribution >= 0.6 is 11.6 Å². The monoisotopic (exact) mass is 352 g/mol. The van der Waals surface area contributed by atoms with Crippen LogP contribution in [0, 0.1) is 5.82 Å². The molecule has 0 atom stereocenters. The van der Waals surface area contributed by atoms with Crippen LogP contribution in [0.5, 0.6) is 0 Å². The van der Waals surface area contributed by atoms with Crippen molar-refractivity contribution in [3.8, 4) is 11.3 Å². The lowest BCUT2D eigenvalue weighted by Crippen LogP contribution is -2.08. The summed E-state index contributed by atoms with van der Waals surface area (Å²) in [5.41, 5.74) is -0.368. The Hall–Kier alpha value is -2.67. The second-order valence-electron chi connectivity index (χ2n) is 4.99. The Labute approximate surface area is 142 Å². The number of hydrogen-bond acceptors (Lipinski definition) is 6. The number of carbonyl (C=O) groups is 2. The standard InChI is InChI=1S/C16H14ClFN2O4/c1-20(2)7-9(8-21)15-13(16(22)23-3)14(19-24-15)12-10(17)5-4-6-11(12)18/h4-8H,1-3H3. The van der Waals surface area contributed by atoms with Gasteiger partial charge in [-0.2, -0.15) is 0 Å². The van der Waals surface area contributed by atoms with Crippen LogP contribution in [0.15, 0.2) is 28.9 Å². The molecule has 0 aliphatic carbocycles. The van der Waals surface area contributed by atoms with Crippen molar-refractivity contribution in [3.05, 3.63) is 46.6 Å². The van der Waals surface area contributed by atoms with Crippen molar-refractivity contribution in [2.45, 2.75) is 0 Å². The van der Waals surface area contributed by atoms with Crippen LogP contribution in [-0.4, -0.2) is 43.5 Å². The SMILES string of the molecule is COC(=O)c1c(-c2c(F)cccc2Cl)noc1C(C=O)=CN(C)C. The van der Waals surface area contributed by atoms with Gasteiger partial charge >= 0.3 is 5.97 Å². The molecule has 0 unspecified atom stereocenters. The van der Waals surface area contributed by atoms with E-state index in [-0.39, 0.29) is 33.2 Å². The minimum absolute atomic E-state index is 0.0456. The Bertz CT molecular complexity index is 794. The maximum Gasteiger partial charge on any atom is 0.344 e. The first-order valence-corrected chi connectivity index (χ1v) is 7.14. The molecule has 0 N–H and O–H groups in total. The van der Waals surface area contributed by atoms with Gasteiger partial charge in [-0.3, -0.25) is 4.79 Å². The van der Waals surface area contributed by atoms with Gasteiger partial charge in [0.15, 0.2) is 12.0 Å². The maximum absolute atomic E-state index is 14.2. The number of methoxy groups -OCH3 is 1. The third-order valence-corrected chi connectivity index (χ3v) is 3.38. The molecular formula is C16H14ClFN2O4. The van der Waals surface area contributed by atoms with E-state index in [1.807, 2.05) is 0 Å². The number of aldehydes is 1. The number of rotatable bonds is 5. The molecule has 1 aromatic heterocycles. The van der Waals surface area contributed by atoms with Gasteiger partial charge in [-0.15, -0.1) is 0 Å². The van der Waals surface area contributed by atoms with Gasteiger partial charge in [0, 0.05) is 20.3 Å². The fourth-order valence-corrected chi connectivity index (χ4v) is 2.35. The van der Waals surface area contributed by atoms with Gasteiger partial charge in [-0.1, -0.05) is 22.8 Å². The predicted octanol–water partition coefficient (Wildman–Crippen LogP) is 3.02. The molecule has 2 aromatic rings. The smallest absolute Gasteiger partial charge is 0.344 e. The zero-order chi connectivity index (χ0) is 17.9. The molecular weight excluding hydrogens is 339 g/mol. The van der Waals surface area contributed by atoms with E-state index >= 15 is 0 Å². The number of ether oxygens (including phenoxy) is 1. The Morgan fingerprint density at radius 2 is 2.12 bits per heavy atom. The fourth-order valence-electron chi connectivity index (χ4n) is 2.09. The van der Waals surface area contributed by atoms with Crippen LogP contribution < -0.4 is 0 Å². The number of halogens is 2. The van der Waals surface area contributed by atoms with Gasteiger partial charge in [0.25, 0.3) is 0 Å². The Balaban J connectivity index is 2.76. The summed E-state index contributed by atoms with van der Waals surface area (Å²) in [4.78, 5) is 25.1. The minimum Gasteiger partial charge on any atom is -0.465 e. The topological polar surface area (TPSA) is 72.6 Å². The number of aromatic nitrogens is 1. The lowest BCUT2D eigenvalue weighted by Gasteiger charge is -2.07. The highest BCUT2D eigenvalue weighted by Crippen LogP contribution is 2.35. The fraction of sp³-hybridized carbons (Fsp3) is 0.188. The summed E-state index contributed by atoms with van der Waals surface area (Å²) in [7, 11) is 4.53. The van der Waals surface area contributed by atoms with E-state index in [1.54, 1.807) is 19.0 Å². The van der Waals surface area contributed by atoms with Crippen molar-refractivity contribution in [1.82, 2.24) is 10.1 Å². The number of benzene rings is 1. The molecule has 6 nitrogen and oxygen atoms in total.